The van der Waals surface area contributed by atoms with Crippen molar-refractivity contribution in [3.05, 3.63) is 0 Å². The average molecular weight is 271 g/mol. The second-order valence-electron chi connectivity index (χ2n) is 5.93. The minimum absolute atomic E-state index is 0.288. The van der Waals surface area contributed by atoms with E-state index in [9.17, 15) is 4.79 Å². The summed E-state index contributed by atoms with van der Waals surface area (Å²) in [6.07, 6.45) is 0.624. The smallest absolute Gasteiger partial charge is 0.325 e. The molecule has 5 heteroatoms. The summed E-state index contributed by atoms with van der Waals surface area (Å²) in [5.74, 6) is -0.334. The van der Waals surface area contributed by atoms with Crippen LogP contribution in [0.5, 0.6) is 0 Å². The van der Waals surface area contributed by atoms with Crippen molar-refractivity contribution in [3.8, 4) is 0 Å². The summed E-state index contributed by atoms with van der Waals surface area (Å²) >= 11 is 0. The number of esters is 1. The molecule has 19 heavy (non-hydrogen) atoms. The van der Waals surface area contributed by atoms with Gasteiger partial charge in [-0.15, -0.1) is 0 Å². The minimum atomic E-state index is -0.903. The number of nitrogens with zero attached hydrogens (tertiary/aromatic N) is 2. The molecule has 1 rings (SSSR count). The Morgan fingerprint density at radius 2 is 2.16 bits per heavy atom. The van der Waals surface area contributed by atoms with E-state index in [1.165, 1.54) is 7.11 Å². The lowest BCUT2D eigenvalue weighted by Gasteiger charge is -2.43. The molecule has 1 heterocycles. The lowest BCUT2D eigenvalue weighted by atomic mass is 9.93. The van der Waals surface area contributed by atoms with E-state index in [-0.39, 0.29) is 12.0 Å². The Labute approximate surface area is 117 Å². The number of rotatable bonds is 5. The van der Waals surface area contributed by atoms with Crippen molar-refractivity contribution < 1.29 is 9.53 Å². The number of piperazine rings is 1. The first-order chi connectivity index (χ1) is 8.81. The van der Waals surface area contributed by atoms with Gasteiger partial charge in [-0.25, -0.2) is 0 Å². The van der Waals surface area contributed by atoms with E-state index in [0.717, 1.165) is 26.2 Å². The summed E-state index contributed by atoms with van der Waals surface area (Å²) in [6, 6.07) is 0.846. The molecule has 0 spiro atoms. The van der Waals surface area contributed by atoms with Crippen LogP contribution in [0.25, 0.3) is 0 Å². The lowest BCUT2D eigenvalue weighted by molar-refractivity contribution is -0.147. The van der Waals surface area contributed by atoms with E-state index < -0.39 is 5.54 Å². The summed E-state index contributed by atoms with van der Waals surface area (Å²) in [6.45, 7) is 12.6. The molecule has 0 aliphatic carbocycles. The van der Waals surface area contributed by atoms with Gasteiger partial charge < -0.3 is 10.5 Å². The van der Waals surface area contributed by atoms with Crippen LogP contribution in [0, 0.1) is 0 Å². The zero-order valence-corrected chi connectivity index (χ0v) is 13.0. The highest BCUT2D eigenvalue weighted by Gasteiger charge is 2.34. The van der Waals surface area contributed by atoms with Gasteiger partial charge in [-0.2, -0.15) is 0 Å². The van der Waals surface area contributed by atoms with E-state index in [4.69, 9.17) is 10.5 Å². The van der Waals surface area contributed by atoms with Gasteiger partial charge in [0.1, 0.15) is 5.54 Å². The fourth-order valence-electron chi connectivity index (χ4n) is 2.95. The third kappa shape index (κ3) is 4.16. The quantitative estimate of drug-likeness (QED) is 0.745. The van der Waals surface area contributed by atoms with Crippen LogP contribution in [0.3, 0.4) is 0 Å². The SMILES string of the molecule is CCN1CCN(C(C)CC(C)(N)C(=O)OC)CC1C. The van der Waals surface area contributed by atoms with E-state index in [2.05, 4.69) is 30.6 Å². The van der Waals surface area contributed by atoms with Gasteiger partial charge >= 0.3 is 5.97 Å². The van der Waals surface area contributed by atoms with Gasteiger partial charge in [-0.3, -0.25) is 14.6 Å². The summed E-state index contributed by atoms with van der Waals surface area (Å²) < 4.78 is 4.77. The Hall–Kier alpha value is -0.650. The maximum absolute atomic E-state index is 11.6. The Balaban J connectivity index is 2.55. The molecule has 112 valence electrons. The van der Waals surface area contributed by atoms with Crippen molar-refractivity contribution in [1.82, 2.24) is 9.80 Å². The molecular weight excluding hydrogens is 242 g/mol. The standard InChI is InChI=1S/C14H29N3O2/c1-6-16-7-8-17(10-12(16)3)11(2)9-14(4,15)13(18)19-5/h11-12H,6-10,15H2,1-5H3. The van der Waals surface area contributed by atoms with Crippen molar-refractivity contribution in [2.75, 3.05) is 33.3 Å². The maximum atomic E-state index is 11.6. The topological polar surface area (TPSA) is 58.8 Å². The van der Waals surface area contributed by atoms with E-state index in [1.807, 2.05) is 0 Å². The van der Waals surface area contributed by atoms with Gasteiger partial charge in [0, 0.05) is 31.7 Å². The zero-order valence-electron chi connectivity index (χ0n) is 13.0. The van der Waals surface area contributed by atoms with Crippen LogP contribution in [-0.2, 0) is 9.53 Å². The molecule has 5 nitrogen and oxygen atoms in total. The Bertz CT molecular complexity index is 307. The van der Waals surface area contributed by atoms with Gasteiger partial charge in [-0.1, -0.05) is 6.92 Å². The maximum Gasteiger partial charge on any atom is 0.325 e. The monoisotopic (exact) mass is 271 g/mol. The molecule has 3 unspecified atom stereocenters. The predicted molar refractivity (Wildman–Crippen MR) is 77.0 cm³/mol. The molecule has 0 aromatic carbocycles. The van der Waals surface area contributed by atoms with Crippen molar-refractivity contribution in [2.45, 2.75) is 51.7 Å². The van der Waals surface area contributed by atoms with Crippen LogP contribution in [0.1, 0.15) is 34.1 Å². The van der Waals surface area contributed by atoms with Gasteiger partial charge in [0.25, 0.3) is 0 Å². The minimum Gasteiger partial charge on any atom is -0.468 e. The molecule has 1 saturated heterocycles. The van der Waals surface area contributed by atoms with E-state index in [0.29, 0.717) is 12.5 Å². The van der Waals surface area contributed by atoms with Crippen LogP contribution >= 0.6 is 0 Å². The second-order valence-corrected chi connectivity index (χ2v) is 5.93. The molecular formula is C14H29N3O2. The number of nitrogens with two attached hydrogens (primary N) is 1. The van der Waals surface area contributed by atoms with Gasteiger partial charge in [-0.05, 0) is 33.7 Å². The normalized spacial score (nSPS) is 26.7. The van der Waals surface area contributed by atoms with Crippen LogP contribution in [-0.4, -0.2) is 66.7 Å². The lowest BCUT2D eigenvalue weighted by Crippen LogP contribution is -2.57. The fourth-order valence-corrected chi connectivity index (χ4v) is 2.95. The molecule has 2 N–H and O–H groups in total. The molecule has 1 aliphatic rings. The first-order valence-corrected chi connectivity index (χ1v) is 7.17. The first-order valence-electron chi connectivity index (χ1n) is 7.17. The number of hydrogen-bond acceptors (Lipinski definition) is 5. The molecule has 3 atom stereocenters. The molecule has 0 saturated carbocycles. The van der Waals surface area contributed by atoms with Crippen LogP contribution < -0.4 is 5.73 Å². The van der Waals surface area contributed by atoms with Crippen molar-refractivity contribution in [1.29, 1.82) is 0 Å². The van der Waals surface area contributed by atoms with Crippen molar-refractivity contribution in [3.63, 3.8) is 0 Å². The third-order valence-electron chi connectivity index (χ3n) is 4.20. The van der Waals surface area contributed by atoms with E-state index >= 15 is 0 Å². The van der Waals surface area contributed by atoms with Crippen LogP contribution in [0.2, 0.25) is 0 Å². The highest BCUT2D eigenvalue weighted by Crippen LogP contribution is 2.19. The number of carbonyl (C=O) groups is 1. The number of hydrogen-bond donors (Lipinski definition) is 1. The average Bonchev–Trinajstić information content (AvgIpc) is 2.36. The number of methoxy groups -OCH3 is 1. The zero-order chi connectivity index (χ0) is 14.6. The Kier molecular flexibility index (Phi) is 5.77. The number of likely N-dealkylation sites (N-methyl/N-ethyl adjacent to an activating group) is 1. The molecule has 1 aliphatic heterocycles. The third-order valence-corrected chi connectivity index (χ3v) is 4.20. The van der Waals surface area contributed by atoms with E-state index in [1.54, 1.807) is 6.92 Å². The Morgan fingerprint density at radius 1 is 1.53 bits per heavy atom. The summed E-state index contributed by atoms with van der Waals surface area (Å²) in [5, 5.41) is 0. The molecule has 0 bridgehead atoms. The molecule has 0 amide bonds. The molecule has 0 aromatic rings. The molecule has 1 fully saturated rings. The number of carbonyl (C=O) groups excluding carboxylic acids is 1. The fraction of sp³-hybridized carbons (Fsp3) is 0.929. The highest BCUT2D eigenvalue weighted by atomic mass is 16.5. The first kappa shape index (κ1) is 16.4. The van der Waals surface area contributed by atoms with Gasteiger partial charge in [0.15, 0.2) is 0 Å². The molecule has 0 radical (unpaired) electrons. The second kappa shape index (κ2) is 6.68. The van der Waals surface area contributed by atoms with Crippen molar-refractivity contribution >= 4 is 5.97 Å². The van der Waals surface area contributed by atoms with Gasteiger partial charge in [0.05, 0.1) is 7.11 Å². The Morgan fingerprint density at radius 3 is 2.63 bits per heavy atom. The summed E-state index contributed by atoms with van der Waals surface area (Å²) in [4.78, 5) is 16.5. The summed E-state index contributed by atoms with van der Waals surface area (Å²) in [7, 11) is 1.39. The van der Waals surface area contributed by atoms with Crippen LogP contribution in [0.4, 0.5) is 0 Å². The number of ether oxygens (including phenoxy) is 1. The van der Waals surface area contributed by atoms with Gasteiger partial charge in [0.2, 0.25) is 0 Å². The summed E-state index contributed by atoms with van der Waals surface area (Å²) in [5.41, 5.74) is 5.15. The highest BCUT2D eigenvalue weighted by molar-refractivity contribution is 5.79. The predicted octanol–water partition coefficient (Wildman–Crippen LogP) is 0.681. The molecule has 0 aromatic heterocycles. The van der Waals surface area contributed by atoms with Crippen molar-refractivity contribution in [2.24, 2.45) is 5.73 Å². The van der Waals surface area contributed by atoms with Crippen LogP contribution in [0.15, 0.2) is 0 Å². The largest absolute Gasteiger partial charge is 0.468 e.